The summed E-state index contributed by atoms with van der Waals surface area (Å²) in [7, 11) is 0. The predicted molar refractivity (Wildman–Crippen MR) is 109 cm³/mol. The number of hydrogen-bond donors (Lipinski definition) is 1. The Bertz CT molecular complexity index is 1200. The van der Waals surface area contributed by atoms with E-state index in [2.05, 4.69) is 15.3 Å². The summed E-state index contributed by atoms with van der Waals surface area (Å²) in [4.78, 5) is 31.9. The number of hydrogen-bond acceptors (Lipinski definition) is 5. The molecular weight excluding hydrogens is 370 g/mol. The maximum atomic E-state index is 12.7. The third-order valence-corrected chi connectivity index (χ3v) is 4.69. The van der Waals surface area contributed by atoms with Crippen LogP contribution in [0.5, 0.6) is 0 Å². The number of carbonyl (C=O) groups is 1. The number of non-ortho nitro benzene ring substituents is 1. The molecule has 29 heavy (non-hydrogen) atoms. The molecule has 1 atom stereocenters. The van der Waals surface area contributed by atoms with Crippen LogP contribution in [0.15, 0.2) is 73.2 Å². The number of benzene rings is 2. The molecule has 0 aliphatic carbocycles. The Labute approximate surface area is 166 Å². The first kappa shape index (κ1) is 18.3. The highest BCUT2D eigenvalue weighted by atomic mass is 16.6. The quantitative estimate of drug-likeness (QED) is 0.411. The van der Waals surface area contributed by atoms with Crippen molar-refractivity contribution < 1.29 is 9.72 Å². The van der Waals surface area contributed by atoms with Crippen molar-refractivity contribution in [3.05, 3.63) is 88.9 Å². The molecule has 0 saturated carbocycles. The highest BCUT2D eigenvalue weighted by Crippen LogP contribution is 2.24. The van der Waals surface area contributed by atoms with Gasteiger partial charge in [-0.3, -0.25) is 24.3 Å². The van der Waals surface area contributed by atoms with Crippen LogP contribution in [0.2, 0.25) is 0 Å². The lowest BCUT2D eigenvalue weighted by atomic mass is 10.0. The fraction of sp³-hybridized carbons (Fsp3) is 0.0952. The molecule has 2 aromatic heterocycles. The highest BCUT2D eigenvalue weighted by molar-refractivity contribution is 5.95. The molecular formula is C21H17N5O3. The monoisotopic (exact) mass is 387 g/mol. The average molecular weight is 387 g/mol. The van der Waals surface area contributed by atoms with E-state index < -0.39 is 4.92 Å². The third kappa shape index (κ3) is 3.68. The summed E-state index contributed by atoms with van der Waals surface area (Å²) in [6.07, 6.45) is 4.82. The molecule has 0 fully saturated rings. The smallest absolute Gasteiger partial charge is 0.270 e. The minimum absolute atomic E-state index is 0.0137. The SMILES string of the molecule is CC(C(=O)Nc1cnc2cnc(-c3cccc([N+](=O)[O-])c3)cn12)c1ccccc1. The number of anilines is 1. The van der Waals surface area contributed by atoms with Crippen molar-refractivity contribution in [2.45, 2.75) is 12.8 Å². The minimum Gasteiger partial charge on any atom is -0.310 e. The van der Waals surface area contributed by atoms with Gasteiger partial charge in [0, 0.05) is 23.9 Å². The molecule has 0 radical (unpaired) electrons. The largest absolute Gasteiger partial charge is 0.310 e. The van der Waals surface area contributed by atoms with Gasteiger partial charge in [0.15, 0.2) is 5.65 Å². The van der Waals surface area contributed by atoms with Crippen molar-refractivity contribution in [3.8, 4) is 11.3 Å². The van der Waals surface area contributed by atoms with E-state index in [-0.39, 0.29) is 17.5 Å². The summed E-state index contributed by atoms with van der Waals surface area (Å²) in [5.41, 5.74) is 2.59. The molecule has 0 bridgehead atoms. The van der Waals surface area contributed by atoms with Gasteiger partial charge in [0.05, 0.1) is 28.9 Å². The molecule has 144 valence electrons. The lowest BCUT2D eigenvalue weighted by molar-refractivity contribution is -0.384. The average Bonchev–Trinajstić information content (AvgIpc) is 3.15. The molecule has 0 aliphatic rings. The molecule has 0 spiro atoms. The number of aromatic nitrogens is 3. The van der Waals surface area contributed by atoms with Crippen molar-refractivity contribution in [2.24, 2.45) is 0 Å². The number of nitrogens with zero attached hydrogens (tertiary/aromatic N) is 4. The maximum Gasteiger partial charge on any atom is 0.270 e. The van der Waals surface area contributed by atoms with Gasteiger partial charge in [-0.25, -0.2) is 4.98 Å². The van der Waals surface area contributed by atoms with Crippen molar-refractivity contribution in [2.75, 3.05) is 5.32 Å². The number of nitro groups is 1. The van der Waals surface area contributed by atoms with Gasteiger partial charge < -0.3 is 5.32 Å². The summed E-state index contributed by atoms with van der Waals surface area (Å²) in [6.45, 7) is 1.84. The number of nitro benzene ring substituents is 1. The van der Waals surface area contributed by atoms with E-state index in [1.165, 1.54) is 12.1 Å². The van der Waals surface area contributed by atoms with Crippen LogP contribution in [0.4, 0.5) is 11.5 Å². The van der Waals surface area contributed by atoms with Crippen LogP contribution in [-0.2, 0) is 4.79 Å². The number of rotatable bonds is 5. The van der Waals surface area contributed by atoms with Gasteiger partial charge >= 0.3 is 0 Å². The van der Waals surface area contributed by atoms with Crippen molar-refractivity contribution in [3.63, 3.8) is 0 Å². The summed E-state index contributed by atoms with van der Waals surface area (Å²) in [5, 5.41) is 13.9. The zero-order valence-corrected chi connectivity index (χ0v) is 15.5. The molecule has 1 N–H and O–H groups in total. The topological polar surface area (TPSA) is 102 Å². The van der Waals surface area contributed by atoms with Crippen LogP contribution in [0, 0.1) is 10.1 Å². The zero-order chi connectivity index (χ0) is 20.4. The van der Waals surface area contributed by atoms with Crippen LogP contribution < -0.4 is 5.32 Å². The molecule has 2 aromatic carbocycles. The van der Waals surface area contributed by atoms with Gasteiger partial charge in [0.25, 0.3) is 5.69 Å². The molecule has 0 saturated heterocycles. The number of fused-ring (bicyclic) bond motifs is 1. The second kappa shape index (κ2) is 7.51. The first-order valence-electron chi connectivity index (χ1n) is 8.96. The molecule has 8 heteroatoms. The van der Waals surface area contributed by atoms with Gasteiger partial charge in [-0.2, -0.15) is 0 Å². The summed E-state index contributed by atoms with van der Waals surface area (Å²) in [5.74, 6) is 0.00778. The number of carbonyl (C=O) groups excluding carboxylic acids is 1. The molecule has 4 rings (SSSR count). The van der Waals surface area contributed by atoms with Gasteiger partial charge in [-0.05, 0) is 12.5 Å². The van der Waals surface area contributed by atoms with E-state index in [9.17, 15) is 14.9 Å². The normalized spacial score (nSPS) is 11.9. The van der Waals surface area contributed by atoms with Crippen LogP contribution in [0.3, 0.4) is 0 Å². The van der Waals surface area contributed by atoms with Gasteiger partial charge in [0.1, 0.15) is 5.82 Å². The molecule has 1 amide bonds. The van der Waals surface area contributed by atoms with Gasteiger partial charge in [0.2, 0.25) is 5.91 Å². The minimum atomic E-state index is -0.449. The molecule has 1 unspecified atom stereocenters. The van der Waals surface area contributed by atoms with E-state index in [4.69, 9.17) is 0 Å². The van der Waals surface area contributed by atoms with E-state index in [0.29, 0.717) is 22.7 Å². The highest BCUT2D eigenvalue weighted by Gasteiger charge is 2.17. The molecule has 0 aliphatic heterocycles. The zero-order valence-electron chi connectivity index (χ0n) is 15.5. The Morgan fingerprint density at radius 3 is 2.66 bits per heavy atom. The molecule has 2 heterocycles. The standard InChI is InChI=1S/C21H17N5O3/c1-14(15-6-3-2-4-7-15)21(27)24-20-12-23-19-11-22-18(13-25(19)20)16-8-5-9-17(10-16)26(28)29/h2-14H,1H3,(H,24,27). The first-order valence-corrected chi connectivity index (χ1v) is 8.96. The number of nitrogens with one attached hydrogen (secondary N) is 1. The van der Waals surface area contributed by atoms with Crippen LogP contribution in [0.1, 0.15) is 18.4 Å². The fourth-order valence-corrected chi connectivity index (χ4v) is 3.04. The second-order valence-electron chi connectivity index (χ2n) is 6.57. The Morgan fingerprint density at radius 2 is 1.90 bits per heavy atom. The summed E-state index contributed by atoms with van der Waals surface area (Å²) < 4.78 is 1.71. The number of amides is 1. The van der Waals surface area contributed by atoms with E-state index >= 15 is 0 Å². The lowest BCUT2D eigenvalue weighted by Crippen LogP contribution is -2.19. The fourth-order valence-electron chi connectivity index (χ4n) is 3.04. The van der Waals surface area contributed by atoms with Gasteiger partial charge in [-0.1, -0.05) is 42.5 Å². The van der Waals surface area contributed by atoms with E-state index in [1.54, 1.807) is 35.1 Å². The lowest BCUT2D eigenvalue weighted by Gasteiger charge is -2.12. The first-order chi connectivity index (χ1) is 14.0. The Kier molecular flexibility index (Phi) is 4.74. The number of imidazole rings is 1. The Morgan fingerprint density at radius 1 is 1.10 bits per heavy atom. The second-order valence-corrected chi connectivity index (χ2v) is 6.57. The van der Waals surface area contributed by atoms with Crippen molar-refractivity contribution in [1.29, 1.82) is 0 Å². The Balaban J connectivity index is 1.65. The van der Waals surface area contributed by atoms with Crippen molar-refractivity contribution in [1.82, 2.24) is 14.4 Å². The van der Waals surface area contributed by atoms with Crippen molar-refractivity contribution >= 4 is 23.1 Å². The van der Waals surface area contributed by atoms with Crippen LogP contribution >= 0.6 is 0 Å². The summed E-state index contributed by atoms with van der Waals surface area (Å²) >= 11 is 0. The molecule has 8 nitrogen and oxygen atoms in total. The van der Waals surface area contributed by atoms with Crippen LogP contribution in [0.25, 0.3) is 16.9 Å². The molecule has 4 aromatic rings. The predicted octanol–water partition coefficient (Wildman–Crippen LogP) is 4.05. The summed E-state index contributed by atoms with van der Waals surface area (Å²) in [6, 6.07) is 15.7. The Hall–Kier alpha value is -4.07. The van der Waals surface area contributed by atoms with E-state index in [0.717, 1.165) is 5.56 Å². The van der Waals surface area contributed by atoms with Crippen LogP contribution in [-0.4, -0.2) is 25.2 Å². The van der Waals surface area contributed by atoms with E-state index in [1.807, 2.05) is 37.3 Å². The van der Waals surface area contributed by atoms with Gasteiger partial charge in [-0.15, -0.1) is 0 Å². The maximum absolute atomic E-state index is 12.7. The third-order valence-electron chi connectivity index (χ3n) is 4.69.